The molecule has 0 aliphatic heterocycles. The van der Waals surface area contributed by atoms with Crippen molar-refractivity contribution >= 4 is 42.3 Å². The van der Waals surface area contributed by atoms with Gasteiger partial charge < -0.3 is 15.8 Å². The standard InChI is InChI=1S/C15H22ClN3O2.2ClH/c1-15(17)7-3-2-4-12(15)14(20)18-8-9-21-13-6-5-11(16)10-19-13;;/h5-6,10,12H,2-4,7-9,17H2,1H3,(H,18,20);2*1H. The van der Waals surface area contributed by atoms with Gasteiger partial charge in [-0.3, -0.25) is 4.79 Å². The quantitative estimate of drug-likeness (QED) is 0.765. The van der Waals surface area contributed by atoms with Crippen LogP contribution in [0.3, 0.4) is 0 Å². The highest BCUT2D eigenvalue weighted by Crippen LogP contribution is 2.31. The van der Waals surface area contributed by atoms with Gasteiger partial charge in [0.25, 0.3) is 0 Å². The summed E-state index contributed by atoms with van der Waals surface area (Å²) in [4.78, 5) is 16.2. The van der Waals surface area contributed by atoms with Crippen molar-refractivity contribution in [1.82, 2.24) is 10.3 Å². The molecule has 0 bridgehead atoms. The molecule has 2 unspecified atom stereocenters. The van der Waals surface area contributed by atoms with Gasteiger partial charge in [0.2, 0.25) is 11.8 Å². The normalized spacial score (nSPS) is 23.2. The third-order valence-electron chi connectivity index (χ3n) is 3.92. The molecule has 1 fully saturated rings. The molecule has 1 aliphatic carbocycles. The van der Waals surface area contributed by atoms with Crippen molar-refractivity contribution in [3.8, 4) is 5.88 Å². The van der Waals surface area contributed by atoms with E-state index >= 15 is 0 Å². The maximum atomic E-state index is 12.2. The SMILES string of the molecule is CC1(N)CCCCC1C(=O)NCCOc1ccc(Cl)cn1.Cl.Cl. The maximum Gasteiger partial charge on any atom is 0.225 e. The Balaban J connectivity index is 0.00000242. The molecule has 0 spiro atoms. The molecule has 1 aromatic rings. The summed E-state index contributed by atoms with van der Waals surface area (Å²) >= 11 is 5.74. The summed E-state index contributed by atoms with van der Waals surface area (Å²) in [5.74, 6) is 0.405. The van der Waals surface area contributed by atoms with E-state index in [1.165, 1.54) is 6.20 Å². The van der Waals surface area contributed by atoms with Crippen molar-refractivity contribution in [2.75, 3.05) is 13.2 Å². The van der Waals surface area contributed by atoms with Crippen LogP contribution in [0.4, 0.5) is 0 Å². The Morgan fingerprint density at radius 1 is 1.48 bits per heavy atom. The lowest BCUT2D eigenvalue weighted by Crippen LogP contribution is -2.53. The van der Waals surface area contributed by atoms with E-state index in [1.54, 1.807) is 12.1 Å². The van der Waals surface area contributed by atoms with E-state index in [0.29, 0.717) is 24.1 Å². The predicted octanol–water partition coefficient (Wildman–Crippen LogP) is 2.98. The molecule has 1 aliphatic rings. The lowest BCUT2D eigenvalue weighted by Gasteiger charge is -2.37. The largest absolute Gasteiger partial charge is 0.476 e. The van der Waals surface area contributed by atoms with Gasteiger partial charge in [0, 0.05) is 17.8 Å². The monoisotopic (exact) mass is 383 g/mol. The third-order valence-corrected chi connectivity index (χ3v) is 4.15. The zero-order chi connectivity index (χ0) is 15.3. The minimum absolute atomic E-state index is 0. The fourth-order valence-electron chi connectivity index (χ4n) is 2.69. The topological polar surface area (TPSA) is 77.2 Å². The first-order chi connectivity index (χ1) is 9.99. The number of hydrogen-bond donors (Lipinski definition) is 2. The molecular weight excluding hydrogens is 361 g/mol. The van der Waals surface area contributed by atoms with Crippen LogP contribution in [0.2, 0.25) is 5.02 Å². The number of carbonyl (C=O) groups excluding carboxylic acids is 1. The number of nitrogens with two attached hydrogens (primary N) is 1. The molecule has 3 N–H and O–H groups in total. The van der Waals surface area contributed by atoms with Gasteiger partial charge in [0.1, 0.15) is 6.61 Å². The van der Waals surface area contributed by atoms with Gasteiger partial charge in [-0.15, -0.1) is 24.8 Å². The number of rotatable bonds is 5. The fourth-order valence-corrected chi connectivity index (χ4v) is 2.80. The minimum atomic E-state index is -0.402. The first kappa shape index (κ1) is 22.2. The van der Waals surface area contributed by atoms with Gasteiger partial charge in [-0.05, 0) is 25.8 Å². The Kier molecular flexibility index (Phi) is 9.85. The number of carbonyl (C=O) groups is 1. The fraction of sp³-hybridized carbons (Fsp3) is 0.600. The minimum Gasteiger partial charge on any atom is -0.476 e. The molecule has 1 aromatic heterocycles. The van der Waals surface area contributed by atoms with Gasteiger partial charge in [-0.25, -0.2) is 4.98 Å². The number of nitrogens with one attached hydrogen (secondary N) is 1. The highest BCUT2D eigenvalue weighted by molar-refractivity contribution is 6.30. The molecule has 5 nitrogen and oxygen atoms in total. The Hall–Kier alpha value is -0.750. The van der Waals surface area contributed by atoms with Gasteiger partial charge >= 0.3 is 0 Å². The van der Waals surface area contributed by atoms with Crippen LogP contribution in [0.1, 0.15) is 32.6 Å². The summed E-state index contributed by atoms with van der Waals surface area (Å²) < 4.78 is 5.43. The van der Waals surface area contributed by atoms with Crippen molar-refractivity contribution in [2.45, 2.75) is 38.1 Å². The Bertz CT molecular complexity index is 483. The summed E-state index contributed by atoms with van der Waals surface area (Å²) in [5.41, 5.74) is 5.82. The summed E-state index contributed by atoms with van der Waals surface area (Å²) in [7, 11) is 0. The van der Waals surface area contributed by atoms with E-state index in [2.05, 4.69) is 10.3 Å². The van der Waals surface area contributed by atoms with Crippen LogP contribution in [-0.2, 0) is 4.79 Å². The van der Waals surface area contributed by atoms with Crippen LogP contribution < -0.4 is 15.8 Å². The number of pyridine rings is 1. The summed E-state index contributed by atoms with van der Waals surface area (Å²) in [6.45, 7) is 2.77. The van der Waals surface area contributed by atoms with E-state index in [9.17, 15) is 4.79 Å². The molecule has 1 amide bonds. The molecule has 23 heavy (non-hydrogen) atoms. The molecule has 1 heterocycles. The highest BCUT2D eigenvalue weighted by atomic mass is 35.5. The first-order valence-corrected chi connectivity index (χ1v) is 7.68. The summed E-state index contributed by atoms with van der Waals surface area (Å²) in [6, 6.07) is 3.41. The summed E-state index contributed by atoms with van der Waals surface area (Å²) in [6.07, 6.45) is 5.45. The number of ether oxygens (including phenoxy) is 1. The van der Waals surface area contributed by atoms with Crippen molar-refractivity contribution in [3.63, 3.8) is 0 Å². The van der Waals surface area contributed by atoms with Gasteiger partial charge in [-0.1, -0.05) is 24.4 Å². The number of amides is 1. The van der Waals surface area contributed by atoms with Crippen LogP contribution in [0.15, 0.2) is 18.3 Å². The second kappa shape index (κ2) is 10.2. The molecule has 0 aromatic carbocycles. The van der Waals surface area contributed by atoms with Crippen molar-refractivity contribution in [2.24, 2.45) is 11.7 Å². The van der Waals surface area contributed by atoms with Gasteiger partial charge in [0.15, 0.2) is 0 Å². The van der Waals surface area contributed by atoms with Gasteiger partial charge in [-0.2, -0.15) is 0 Å². The zero-order valence-electron chi connectivity index (χ0n) is 13.1. The number of hydrogen-bond acceptors (Lipinski definition) is 4. The van der Waals surface area contributed by atoms with E-state index in [4.69, 9.17) is 22.1 Å². The lowest BCUT2D eigenvalue weighted by molar-refractivity contribution is -0.128. The van der Waals surface area contributed by atoms with Crippen LogP contribution in [0, 0.1) is 5.92 Å². The average Bonchev–Trinajstić information content (AvgIpc) is 2.45. The maximum absolute atomic E-state index is 12.2. The van der Waals surface area contributed by atoms with Gasteiger partial charge in [0.05, 0.1) is 17.5 Å². The molecular formula is C15H24Cl3N3O2. The first-order valence-electron chi connectivity index (χ1n) is 7.30. The second-order valence-electron chi connectivity index (χ2n) is 5.76. The van der Waals surface area contributed by atoms with E-state index < -0.39 is 5.54 Å². The van der Waals surface area contributed by atoms with E-state index in [1.807, 2.05) is 6.92 Å². The Morgan fingerprint density at radius 2 is 2.22 bits per heavy atom. The van der Waals surface area contributed by atoms with Crippen LogP contribution >= 0.6 is 36.4 Å². The van der Waals surface area contributed by atoms with Crippen LogP contribution in [0.5, 0.6) is 5.88 Å². The summed E-state index contributed by atoms with van der Waals surface area (Å²) in [5, 5.41) is 3.46. The van der Waals surface area contributed by atoms with Crippen LogP contribution in [-0.4, -0.2) is 29.6 Å². The average molecular weight is 385 g/mol. The lowest BCUT2D eigenvalue weighted by atomic mass is 9.74. The zero-order valence-corrected chi connectivity index (χ0v) is 15.5. The predicted molar refractivity (Wildman–Crippen MR) is 96.8 cm³/mol. The smallest absolute Gasteiger partial charge is 0.225 e. The Labute approximate surface area is 154 Å². The molecule has 2 atom stereocenters. The second-order valence-corrected chi connectivity index (χ2v) is 6.19. The van der Waals surface area contributed by atoms with Crippen LogP contribution in [0.25, 0.3) is 0 Å². The molecule has 0 saturated heterocycles. The van der Waals surface area contributed by atoms with Crippen molar-refractivity contribution in [3.05, 3.63) is 23.4 Å². The Morgan fingerprint density at radius 3 is 2.83 bits per heavy atom. The number of halogens is 3. The van der Waals surface area contributed by atoms with Crippen molar-refractivity contribution < 1.29 is 9.53 Å². The number of nitrogens with zero attached hydrogens (tertiary/aromatic N) is 1. The molecule has 0 radical (unpaired) electrons. The molecule has 1 saturated carbocycles. The number of aromatic nitrogens is 1. The van der Waals surface area contributed by atoms with E-state index in [-0.39, 0.29) is 36.6 Å². The third kappa shape index (κ3) is 6.71. The molecule has 132 valence electrons. The van der Waals surface area contributed by atoms with E-state index in [0.717, 1.165) is 25.7 Å². The molecule has 2 rings (SSSR count). The van der Waals surface area contributed by atoms with Crippen molar-refractivity contribution in [1.29, 1.82) is 0 Å². The molecule has 8 heteroatoms. The highest BCUT2D eigenvalue weighted by Gasteiger charge is 2.37.